The van der Waals surface area contributed by atoms with Gasteiger partial charge in [-0.3, -0.25) is 0 Å². The third kappa shape index (κ3) is 2.36. The lowest BCUT2D eigenvalue weighted by Crippen LogP contribution is -2.40. The molecular weight excluding hydrogens is 188 g/mol. The summed E-state index contributed by atoms with van der Waals surface area (Å²) in [7, 11) is 0. The molecule has 0 radical (unpaired) electrons. The molecule has 0 N–H and O–H groups in total. The van der Waals surface area contributed by atoms with Crippen molar-refractivity contribution in [3.63, 3.8) is 0 Å². The molecular formula is C13H24O2. The summed E-state index contributed by atoms with van der Waals surface area (Å²) in [5, 5.41) is 0. The fourth-order valence-electron chi connectivity index (χ4n) is 2.88. The van der Waals surface area contributed by atoms with E-state index in [1.54, 1.807) is 0 Å². The Hall–Kier alpha value is -0.0800. The Morgan fingerprint density at radius 2 is 2.00 bits per heavy atom. The van der Waals surface area contributed by atoms with Gasteiger partial charge in [-0.15, -0.1) is 0 Å². The molecule has 1 saturated heterocycles. The first-order valence-corrected chi connectivity index (χ1v) is 6.23. The molecule has 3 atom stereocenters. The first-order valence-electron chi connectivity index (χ1n) is 6.23. The molecule has 1 spiro atoms. The lowest BCUT2D eigenvalue weighted by atomic mass is 9.70. The normalized spacial score (nSPS) is 42.4. The van der Waals surface area contributed by atoms with Crippen LogP contribution in [0.4, 0.5) is 0 Å². The third-order valence-corrected chi connectivity index (χ3v) is 3.89. The monoisotopic (exact) mass is 212 g/mol. The third-order valence-electron chi connectivity index (χ3n) is 3.89. The highest BCUT2D eigenvalue weighted by atomic mass is 16.7. The summed E-state index contributed by atoms with van der Waals surface area (Å²) in [6.07, 6.45) is 5.02. The average molecular weight is 212 g/mol. The van der Waals surface area contributed by atoms with Crippen LogP contribution in [0.15, 0.2) is 0 Å². The van der Waals surface area contributed by atoms with Gasteiger partial charge in [-0.25, -0.2) is 0 Å². The molecule has 1 aliphatic carbocycles. The highest BCUT2D eigenvalue weighted by molar-refractivity contribution is 4.89. The minimum atomic E-state index is -0.227. The van der Waals surface area contributed by atoms with Crippen molar-refractivity contribution in [2.75, 3.05) is 6.61 Å². The summed E-state index contributed by atoms with van der Waals surface area (Å²) < 4.78 is 11.9. The molecule has 0 aromatic carbocycles. The molecule has 0 amide bonds. The van der Waals surface area contributed by atoms with E-state index in [9.17, 15) is 0 Å². The Bertz CT molecular complexity index is 227. The van der Waals surface area contributed by atoms with Crippen molar-refractivity contribution in [3.05, 3.63) is 0 Å². The van der Waals surface area contributed by atoms with Gasteiger partial charge in [0, 0.05) is 12.8 Å². The lowest BCUT2D eigenvalue weighted by Gasteiger charge is -2.42. The van der Waals surface area contributed by atoms with Gasteiger partial charge >= 0.3 is 0 Å². The first-order chi connectivity index (χ1) is 6.91. The van der Waals surface area contributed by atoms with Crippen molar-refractivity contribution < 1.29 is 9.47 Å². The fourth-order valence-corrected chi connectivity index (χ4v) is 2.88. The topological polar surface area (TPSA) is 18.5 Å². The lowest BCUT2D eigenvalue weighted by molar-refractivity contribution is -0.202. The maximum absolute atomic E-state index is 5.99. The minimum Gasteiger partial charge on any atom is -0.347 e. The van der Waals surface area contributed by atoms with Crippen molar-refractivity contribution in [2.45, 2.75) is 65.3 Å². The number of ether oxygens (including phenoxy) is 2. The van der Waals surface area contributed by atoms with Crippen LogP contribution >= 0.6 is 0 Å². The zero-order valence-electron chi connectivity index (χ0n) is 10.5. The van der Waals surface area contributed by atoms with Gasteiger partial charge in [-0.1, -0.05) is 20.8 Å². The second-order valence-corrected chi connectivity index (χ2v) is 6.31. The van der Waals surface area contributed by atoms with Crippen molar-refractivity contribution in [1.29, 1.82) is 0 Å². The zero-order chi connectivity index (χ0) is 11.1. The number of rotatable bonds is 0. The Balaban J connectivity index is 2.04. The van der Waals surface area contributed by atoms with Gasteiger partial charge < -0.3 is 9.47 Å². The predicted octanol–water partition coefficient (Wildman–Crippen LogP) is 3.35. The largest absolute Gasteiger partial charge is 0.347 e. The van der Waals surface area contributed by atoms with E-state index in [0.717, 1.165) is 25.4 Å². The summed E-state index contributed by atoms with van der Waals surface area (Å²) in [4.78, 5) is 0. The zero-order valence-corrected chi connectivity index (χ0v) is 10.5. The van der Waals surface area contributed by atoms with Gasteiger partial charge in [-0.05, 0) is 31.1 Å². The molecule has 2 heteroatoms. The van der Waals surface area contributed by atoms with Crippen LogP contribution in [0.2, 0.25) is 0 Å². The molecule has 2 nitrogen and oxygen atoms in total. The van der Waals surface area contributed by atoms with Gasteiger partial charge in [0.2, 0.25) is 0 Å². The second kappa shape index (κ2) is 3.74. The van der Waals surface area contributed by atoms with Crippen molar-refractivity contribution in [1.82, 2.24) is 0 Å². The molecule has 0 aromatic heterocycles. The van der Waals surface area contributed by atoms with Crippen LogP contribution in [0, 0.1) is 11.3 Å². The highest BCUT2D eigenvalue weighted by Crippen LogP contribution is 2.46. The summed E-state index contributed by atoms with van der Waals surface area (Å²) in [5.41, 5.74) is 0.381. The standard InChI is InChI=1S/C13H24O2/c1-10-9-14-13(15-10)7-5-6-11(8-13)12(2,3)4/h10-11H,5-9H2,1-4H3. The first kappa shape index (κ1) is 11.4. The summed E-state index contributed by atoms with van der Waals surface area (Å²) in [5.74, 6) is 0.506. The number of hydrogen-bond donors (Lipinski definition) is 0. The molecule has 88 valence electrons. The SMILES string of the molecule is CC1COC2(CCCC(C(C)(C)C)C2)O1. The fraction of sp³-hybridized carbons (Fsp3) is 1.00. The Labute approximate surface area is 93.3 Å². The van der Waals surface area contributed by atoms with Gasteiger partial charge in [0.25, 0.3) is 0 Å². The summed E-state index contributed by atoms with van der Waals surface area (Å²) in [6.45, 7) is 9.87. The van der Waals surface area contributed by atoms with Gasteiger partial charge in [-0.2, -0.15) is 0 Å². The quantitative estimate of drug-likeness (QED) is 0.613. The molecule has 2 rings (SSSR count). The van der Waals surface area contributed by atoms with Crippen LogP contribution in [-0.4, -0.2) is 18.5 Å². The maximum atomic E-state index is 5.99. The van der Waals surface area contributed by atoms with Crippen LogP contribution < -0.4 is 0 Å². The molecule has 3 unspecified atom stereocenters. The summed E-state index contributed by atoms with van der Waals surface area (Å²) in [6, 6.07) is 0. The maximum Gasteiger partial charge on any atom is 0.169 e. The van der Waals surface area contributed by atoms with E-state index in [2.05, 4.69) is 27.7 Å². The average Bonchev–Trinajstić information content (AvgIpc) is 2.46. The van der Waals surface area contributed by atoms with Gasteiger partial charge in [0.15, 0.2) is 5.79 Å². The van der Waals surface area contributed by atoms with Crippen molar-refractivity contribution in [2.24, 2.45) is 11.3 Å². The molecule has 2 fully saturated rings. The van der Waals surface area contributed by atoms with E-state index in [1.807, 2.05) is 0 Å². The predicted molar refractivity (Wildman–Crippen MR) is 60.6 cm³/mol. The van der Waals surface area contributed by atoms with Gasteiger partial charge in [0.05, 0.1) is 12.7 Å². The Morgan fingerprint density at radius 3 is 2.53 bits per heavy atom. The Kier molecular flexibility index (Phi) is 2.85. The van der Waals surface area contributed by atoms with Crippen LogP contribution in [0.1, 0.15) is 53.4 Å². The second-order valence-electron chi connectivity index (χ2n) is 6.31. The van der Waals surface area contributed by atoms with Crippen LogP contribution in [0.5, 0.6) is 0 Å². The van der Waals surface area contributed by atoms with E-state index in [1.165, 1.54) is 12.8 Å². The van der Waals surface area contributed by atoms with Crippen LogP contribution in [0.25, 0.3) is 0 Å². The molecule has 15 heavy (non-hydrogen) atoms. The van der Waals surface area contributed by atoms with Crippen LogP contribution in [0.3, 0.4) is 0 Å². The number of hydrogen-bond acceptors (Lipinski definition) is 2. The van der Waals surface area contributed by atoms with E-state index >= 15 is 0 Å². The smallest absolute Gasteiger partial charge is 0.169 e. The molecule has 1 heterocycles. The highest BCUT2D eigenvalue weighted by Gasteiger charge is 2.46. The van der Waals surface area contributed by atoms with Crippen LogP contribution in [-0.2, 0) is 9.47 Å². The Morgan fingerprint density at radius 1 is 1.27 bits per heavy atom. The van der Waals surface area contributed by atoms with E-state index < -0.39 is 0 Å². The van der Waals surface area contributed by atoms with Crippen molar-refractivity contribution in [3.8, 4) is 0 Å². The van der Waals surface area contributed by atoms with Crippen molar-refractivity contribution >= 4 is 0 Å². The molecule has 0 bridgehead atoms. The minimum absolute atomic E-state index is 0.227. The summed E-state index contributed by atoms with van der Waals surface area (Å²) >= 11 is 0. The van der Waals surface area contributed by atoms with E-state index in [4.69, 9.17) is 9.47 Å². The molecule has 2 aliphatic rings. The molecule has 0 aromatic rings. The van der Waals surface area contributed by atoms with E-state index in [-0.39, 0.29) is 11.9 Å². The van der Waals surface area contributed by atoms with Gasteiger partial charge in [0.1, 0.15) is 0 Å². The van der Waals surface area contributed by atoms with E-state index in [0.29, 0.717) is 5.41 Å². The molecule has 1 aliphatic heterocycles. The molecule has 1 saturated carbocycles.